The molecule has 4 unspecified atom stereocenters. The van der Waals surface area contributed by atoms with Crippen molar-refractivity contribution in [2.75, 3.05) is 6.54 Å². The minimum Gasteiger partial charge on any atom is -0.480 e. The lowest BCUT2D eigenvalue weighted by atomic mass is 10.0. The number of carbonyl (C=O) groups is 5. The van der Waals surface area contributed by atoms with Gasteiger partial charge in [-0.15, -0.1) is 0 Å². The molecule has 4 atom stereocenters. The molecule has 226 valence electrons. The molecule has 42 heavy (non-hydrogen) atoms. The molecule has 0 saturated heterocycles. The van der Waals surface area contributed by atoms with E-state index in [1.165, 1.54) is 0 Å². The van der Waals surface area contributed by atoms with Crippen LogP contribution in [0.25, 0.3) is 0 Å². The van der Waals surface area contributed by atoms with Crippen molar-refractivity contribution in [1.29, 1.82) is 0 Å². The maximum Gasteiger partial charge on any atom is 0.326 e. The van der Waals surface area contributed by atoms with Crippen LogP contribution in [-0.2, 0) is 36.8 Å². The second kappa shape index (κ2) is 17.0. The van der Waals surface area contributed by atoms with E-state index in [4.69, 9.17) is 22.9 Å². The van der Waals surface area contributed by atoms with Gasteiger partial charge in [-0.25, -0.2) is 4.79 Å². The van der Waals surface area contributed by atoms with Crippen LogP contribution in [-0.4, -0.2) is 71.4 Å². The minimum absolute atomic E-state index is 0.0104. The topological polar surface area (TPSA) is 258 Å². The lowest BCUT2D eigenvalue weighted by molar-refractivity contribution is -0.143. The summed E-state index contributed by atoms with van der Waals surface area (Å²) in [6, 6.07) is 12.8. The number of aliphatic imine (C=N–C) groups is 1. The number of hydrogen-bond acceptors (Lipinski definition) is 7. The van der Waals surface area contributed by atoms with Crippen LogP contribution < -0.4 is 38.9 Å². The highest BCUT2D eigenvalue weighted by Crippen LogP contribution is 2.08. The van der Waals surface area contributed by atoms with Gasteiger partial charge in [-0.3, -0.25) is 24.2 Å². The van der Waals surface area contributed by atoms with Crippen LogP contribution in [0.2, 0.25) is 0 Å². The van der Waals surface area contributed by atoms with E-state index in [1.807, 2.05) is 30.3 Å². The van der Waals surface area contributed by atoms with Gasteiger partial charge in [0.25, 0.3) is 0 Å². The monoisotopic (exact) mass is 582 g/mol. The number of nitrogens with two attached hydrogens (primary N) is 4. The summed E-state index contributed by atoms with van der Waals surface area (Å²) in [5.74, 6) is -4.68. The SMILES string of the molecule is NC(=O)CC(NC(=O)C(Cc1ccccc1)NC(=O)C(CCCN=C(N)N)NC(=O)C(N)Cc1ccccc1)C(=O)O. The molecule has 4 amide bonds. The van der Waals surface area contributed by atoms with Gasteiger partial charge in [0.15, 0.2) is 5.96 Å². The molecule has 0 aliphatic heterocycles. The van der Waals surface area contributed by atoms with Crippen molar-refractivity contribution >= 4 is 35.6 Å². The molecule has 0 spiro atoms. The van der Waals surface area contributed by atoms with Crippen LogP contribution in [0.3, 0.4) is 0 Å². The Hall–Kier alpha value is -4.98. The number of benzene rings is 2. The summed E-state index contributed by atoms with van der Waals surface area (Å²) in [4.78, 5) is 66.4. The quantitative estimate of drug-likeness (QED) is 0.0597. The number of carboxylic acid groups (broad SMARTS) is 1. The van der Waals surface area contributed by atoms with E-state index < -0.39 is 60.2 Å². The first kappa shape index (κ1) is 33.2. The largest absolute Gasteiger partial charge is 0.480 e. The number of hydrogen-bond donors (Lipinski definition) is 8. The van der Waals surface area contributed by atoms with Crippen LogP contribution in [0.5, 0.6) is 0 Å². The van der Waals surface area contributed by atoms with Gasteiger partial charge in [0.2, 0.25) is 23.6 Å². The zero-order chi connectivity index (χ0) is 31.1. The lowest BCUT2D eigenvalue weighted by Gasteiger charge is -2.25. The molecule has 0 bridgehead atoms. The van der Waals surface area contributed by atoms with Crippen molar-refractivity contribution in [3.8, 4) is 0 Å². The number of carbonyl (C=O) groups excluding carboxylic acids is 4. The fourth-order valence-electron chi connectivity index (χ4n) is 4.02. The molecule has 2 rings (SSSR count). The number of carboxylic acids is 1. The number of aliphatic carboxylic acids is 1. The van der Waals surface area contributed by atoms with Crippen molar-refractivity contribution in [3.63, 3.8) is 0 Å². The first-order chi connectivity index (χ1) is 20.0. The fourth-order valence-corrected chi connectivity index (χ4v) is 4.02. The van der Waals surface area contributed by atoms with E-state index in [1.54, 1.807) is 30.3 Å². The average molecular weight is 583 g/mol. The number of nitrogens with one attached hydrogen (secondary N) is 3. The van der Waals surface area contributed by atoms with E-state index >= 15 is 0 Å². The summed E-state index contributed by atoms with van der Waals surface area (Å²) in [7, 11) is 0. The smallest absolute Gasteiger partial charge is 0.326 e. The third kappa shape index (κ3) is 12.0. The summed E-state index contributed by atoms with van der Waals surface area (Å²) in [5, 5.41) is 16.9. The zero-order valence-corrected chi connectivity index (χ0v) is 23.1. The second-order valence-corrected chi connectivity index (χ2v) is 9.63. The molecule has 0 heterocycles. The van der Waals surface area contributed by atoms with Crippen molar-refractivity contribution in [2.45, 2.75) is 56.3 Å². The summed E-state index contributed by atoms with van der Waals surface area (Å²) in [6.45, 7) is 0.180. The van der Waals surface area contributed by atoms with Crippen LogP contribution in [0.1, 0.15) is 30.4 Å². The predicted molar refractivity (Wildman–Crippen MR) is 155 cm³/mol. The normalized spacial score (nSPS) is 13.5. The van der Waals surface area contributed by atoms with Crippen LogP contribution in [0, 0.1) is 0 Å². The summed E-state index contributed by atoms with van der Waals surface area (Å²) >= 11 is 0. The molecule has 2 aromatic carbocycles. The number of amides is 4. The average Bonchev–Trinajstić information content (AvgIpc) is 2.94. The number of primary amides is 1. The summed E-state index contributed by atoms with van der Waals surface area (Å²) < 4.78 is 0. The Balaban J connectivity index is 2.24. The van der Waals surface area contributed by atoms with Crippen LogP contribution in [0.4, 0.5) is 0 Å². The van der Waals surface area contributed by atoms with Gasteiger partial charge in [0.1, 0.15) is 18.1 Å². The molecule has 12 N–H and O–H groups in total. The van der Waals surface area contributed by atoms with Gasteiger partial charge in [0, 0.05) is 13.0 Å². The van der Waals surface area contributed by atoms with Crippen molar-refractivity contribution in [3.05, 3.63) is 71.8 Å². The molecule has 14 nitrogen and oxygen atoms in total. The molecule has 14 heteroatoms. The molecular weight excluding hydrogens is 544 g/mol. The standard InChI is InChI=1S/C28H38N8O6/c29-19(14-17-8-3-1-4-9-17)24(38)34-20(12-7-13-33-28(31)32)25(39)35-21(15-18-10-5-2-6-11-18)26(40)36-22(27(41)42)16-23(30)37/h1-6,8-11,19-22H,7,12-16,29H2,(H2,30,37)(H,34,38)(H,35,39)(H,36,40)(H,41,42)(H4,31,32,33). The van der Waals surface area contributed by atoms with Gasteiger partial charge in [0.05, 0.1) is 12.5 Å². The van der Waals surface area contributed by atoms with Gasteiger partial charge >= 0.3 is 5.97 Å². The fraction of sp³-hybridized carbons (Fsp3) is 0.357. The summed E-state index contributed by atoms with van der Waals surface area (Å²) in [6.07, 6.45) is -0.0190. The van der Waals surface area contributed by atoms with Crippen LogP contribution >= 0.6 is 0 Å². The van der Waals surface area contributed by atoms with Crippen molar-refractivity contribution < 1.29 is 29.1 Å². The lowest BCUT2D eigenvalue weighted by Crippen LogP contribution is -2.58. The van der Waals surface area contributed by atoms with Crippen molar-refractivity contribution in [2.24, 2.45) is 27.9 Å². The highest BCUT2D eigenvalue weighted by Gasteiger charge is 2.31. The maximum absolute atomic E-state index is 13.5. The highest BCUT2D eigenvalue weighted by atomic mass is 16.4. The number of guanidine groups is 1. The van der Waals surface area contributed by atoms with E-state index in [0.717, 1.165) is 5.56 Å². The van der Waals surface area contributed by atoms with E-state index in [9.17, 15) is 29.1 Å². The minimum atomic E-state index is -1.60. The third-order valence-corrected chi connectivity index (χ3v) is 6.15. The Kier molecular flexibility index (Phi) is 13.4. The molecule has 0 aliphatic rings. The van der Waals surface area contributed by atoms with E-state index in [0.29, 0.717) is 12.0 Å². The molecule has 0 saturated carbocycles. The number of rotatable bonds is 17. The Morgan fingerprint density at radius 2 is 1.21 bits per heavy atom. The Bertz CT molecular complexity index is 1240. The summed E-state index contributed by atoms with van der Waals surface area (Å²) in [5.41, 5.74) is 23.5. The first-order valence-electron chi connectivity index (χ1n) is 13.3. The van der Waals surface area contributed by atoms with Gasteiger partial charge < -0.3 is 44.0 Å². The van der Waals surface area contributed by atoms with Gasteiger partial charge in [-0.2, -0.15) is 0 Å². The van der Waals surface area contributed by atoms with Gasteiger partial charge in [-0.1, -0.05) is 60.7 Å². The Labute approximate surface area is 243 Å². The molecule has 2 aromatic rings. The van der Waals surface area contributed by atoms with Gasteiger partial charge in [-0.05, 0) is 30.4 Å². The third-order valence-electron chi connectivity index (χ3n) is 6.15. The van der Waals surface area contributed by atoms with E-state index in [2.05, 4.69) is 20.9 Å². The second-order valence-electron chi connectivity index (χ2n) is 9.63. The molecule has 0 fully saturated rings. The van der Waals surface area contributed by atoms with Crippen molar-refractivity contribution in [1.82, 2.24) is 16.0 Å². The number of nitrogens with zero attached hydrogens (tertiary/aromatic N) is 1. The zero-order valence-electron chi connectivity index (χ0n) is 23.1. The molecule has 0 aliphatic carbocycles. The van der Waals surface area contributed by atoms with E-state index in [-0.39, 0.29) is 31.8 Å². The van der Waals surface area contributed by atoms with Crippen LogP contribution in [0.15, 0.2) is 65.7 Å². The predicted octanol–water partition coefficient (Wildman–Crippen LogP) is -1.73. The molecule has 0 aromatic heterocycles. The Morgan fingerprint density at radius 3 is 1.74 bits per heavy atom. The maximum atomic E-state index is 13.5. The molecular formula is C28H38N8O6. The molecule has 0 radical (unpaired) electrons. The first-order valence-corrected chi connectivity index (χ1v) is 13.3. The highest BCUT2D eigenvalue weighted by molar-refractivity contribution is 5.95. The Morgan fingerprint density at radius 1 is 0.714 bits per heavy atom.